The minimum absolute atomic E-state index is 0.269. The van der Waals surface area contributed by atoms with Crippen LogP contribution in [0, 0.1) is 11.8 Å². The number of carbonyl (C=O) groups excluding carboxylic acids is 1. The van der Waals surface area contributed by atoms with Crippen molar-refractivity contribution in [2.75, 3.05) is 13.2 Å². The molecule has 1 saturated carbocycles. The van der Waals surface area contributed by atoms with E-state index in [1.54, 1.807) is 0 Å². The number of ether oxygens (including phenoxy) is 1. The zero-order valence-corrected chi connectivity index (χ0v) is 6.01. The molecule has 1 saturated heterocycles. The fourth-order valence-corrected chi connectivity index (χ4v) is 1.43. The third-order valence-electron chi connectivity index (χ3n) is 2.55. The summed E-state index contributed by atoms with van der Waals surface area (Å²) in [6.07, 6.45) is 3.52. The van der Waals surface area contributed by atoms with Crippen molar-refractivity contribution in [2.45, 2.75) is 19.3 Å². The van der Waals surface area contributed by atoms with Crippen LogP contribution in [0.2, 0.25) is 0 Å². The lowest BCUT2D eigenvalue weighted by Gasteiger charge is -2.32. The van der Waals surface area contributed by atoms with Crippen LogP contribution < -0.4 is 0 Å². The van der Waals surface area contributed by atoms with Gasteiger partial charge in [0.05, 0.1) is 19.1 Å². The summed E-state index contributed by atoms with van der Waals surface area (Å²) in [5.74, 6) is 1.15. The highest BCUT2D eigenvalue weighted by Gasteiger charge is 2.34. The SMILES string of the molecule is O=C(C1CCC1)C1COC1. The van der Waals surface area contributed by atoms with E-state index in [9.17, 15) is 4.79 Å². The predicted octanol–water partition coefficient (Wildman–Crippen LogP) is 1.00. The van der Waals surface area contributed by atoms with Crippen LogP contribution in [0.1, 0.15) is 19.3 Å². The molecule has 0 unspecified atom stereocenters. The van der Waals surface area contributed by atoms with Crippen LogP contribution >= 0.6 is 0 Å². The fraction of sp³-hybridized carbons (Fsp3) is 0.875. The molecule has 0 aromatic heterocycles. The number of hydrogen-bond acceptors (Lipinski definition) is 2. The van der Waals surface area contributed by atoms with Gasteiger partial charge in [-0.2, -0.15) is 0 Å². The molecule has 0 bridgehead atoms. The quantitative estimate of drug-likeness (QED) is 0.572. The zero-order valence-electron chi connectivity index (χ0n) is 6.01. The van der Waals surface area contributed by atoms with Crippen molar-refractivity contribution in [3.8, 4) is 0 Å². The first-order valence-corrected chi connectivity index (χ1v) is 3.99. The molecule has 2 fully saturated rings. The topological polar surface area (TPSA) is 26.3 Å². The first kappa shape index (κ1) is 6.35. The van der Waals surface area contributed by atoms with Crippen LogP contribution in [0.15, 0.2) is 0 Å². The first-order valence-electron chi connectivity index (χ1n) is 3.99. The second kappa shape index (κ2) is 2.35. The molecule has 1 heterocycles. The van der Waals surface area contributed by atoms with Crippen LogP contribution in [0.4, 0.5) is 0 Å². The molecular formula is C8H12O2. The molecule has 2 heteroatoms. The van der Waals surface area contributed by atoms with Gasteiger partial charge in [-0.25, -0.2) is 0 Å². The molecule has 0 aromatic rings. The molecule has 0 spiro atoms. The van der Waals surface area contributed by atoms with Gasteiger partial charge < -0.3 is 4.74 Å². The molecule has 1 aliphatic heterocycles. The van der Waals surface area contributed by atoms with Crippen molar-refractivity contribution >= 4 is 5.78 Å². The minimum Gasteiger partial charge on any atom is -0.380 e. The highest BCUT2D eigenvalue weighted by molar-refractivity contribution is 5.84. The Hall–Kier alpha value is -0.370. The number of rotatable bonds is 2. The summed E-state index contributed by atoms with van der Waals surface area (Å²) in [6, 6.07) is 0. The van der Waals surface area contributed by atoms with E-state index in [1.807, 2.05) is 0 Å². The van der Waals surface area contributed by atoms with E-state index in [0.717, 1.165) is 12.8 Å². The van der Waals surface area contributed by atoms with Gasteiger partial charge in [-0.3, -0.25) is 4.79 Å². The van der Waals surface area contributed by atoms with Gasteiger partial charge in [0.15, 0.2) is 0 Å². The summed E-state index contributed by atoms with van der Waals surface area (Å²) in [5, 5.41) is 0. The molecule has 0 aromatic carbocycles. The largest absolute Gasteiger partial charge is 0.380 e. The lowest BCUT2D eigenvalue weighted by molar-refractivity contribution is -0.143. The molecule has 1 aliphatic carbocycles. The van der Waals surface area contributed by atoms with Gasteiger partial charge in [-0.1, -0.05) is 6.42 Å². The monoisotopic (exact) mass is 140 g/mol. The van der Waals surface area contributed by atoms with Gasteiger partial charge in [0.25, 0.3) is 0 Å². The molecule has 0 atom stereocenters. The van der Waals surface area contributed by atoms with Gasteiger partial charge in [0.2, 0.25) is 0 Å². The molecule has 2 nitrogen and oxygen atoms in total. The van der Waals surface area contributed by atoms with Crippen molar-refractivity contribution in [1.82, 2.24) is 0 Å². The van der Waals surface area contributed by atoms with Gasteiger partial charge in [-0.05, 0) is 12.8 Å². The fourth-order valence-electron chi connectivity index (χ4n) is 1.43. The maximum absolute atomic E-state index is 11.3. The Morgan fingerprint density at radius 2 is 1.90 bits per heavy atom. The Bertz CT molecular complexity index is 129. The molecule has 0 N–H and O–H groups in total. The van der Waals surface area contributed by atoms with Gasteiger partial charge in [0.1, 0.15) is 5.78 Å². The minimum atomic E-state index is 0.269. The second-order valence-electron chi connectivity index (χ2n) is 3.26. The number of ketones is 1. The Morgan fingerprint density at radius 3 is 2.20 bits per heavy atom. The third-order valence-corrected chi connectivity index (χ3v) is 2.55. The normalized spacial score (nSPS) is 27.2. The first-order chi connectivity index (χ1) is 4.88. The molecule has 2 aliphatic rings. The van der Waals surface area contributed by atoms with Crippen LogP contribution in [-0.4, -0.2) is 19.0 Å². The zero-order chi connectivity index (χ0) is 6.97. The van der Waals surface area contributed by atoms with E-state index in [1.165, 1.54) is 6.42 Å². The maximum atomic E-state index is 11.3. The third kappa shape index (κ3) is 0.870. The highest BCUT2D eigenvalue weighted by atomic mass is 16.5. The van der Waals surface area contributed by atoms with Crippen molar-refractivity contribution in [3.63, 3.8) is 0 Å². The lowest BCUT2D eigenvalue weighted by atomic mass is 9.77. The average molecular weight is 140 g/mol. The summed E-state index contributed by atoms with van der Waals surface area (Å²) in [5.41, 5.74) is 0. The van der Waals surface area contributed by atoms with Crippen molar-refractivity contribution < 1.29 is 9.53 Å². The molecule has 0 radical (unpaired) electrons. The number of Topliss-reactive ketones (excluding diaryl/α,β-unsaturated/α-hetero) is 1. The molecule has 0 amide bonds. The summed E-state index contributed by atoms with van der Waals surface area (Å²) >= 11 is 0. The molecule has 56 valence electrons. The number of hydrogen-bond donors (Lipinski definition) is 0. The van der Waals surface area contributed by atoms with Crippen molar-refractivity contribution in [3.05, 3.63) is 0 Å². The van der Waals surface area contributed by atoms with E-state index in [2.05, 4.69) is 0 Å². The summed E-state index contributed by atoms with van der Waals surface area (Å²) in [4.78, 5) is 11.3. The van der Waals surface area contributed by atoms with Crippen LogP contribution in [-0.2, 0) is 9.53 Å². The van der Waals surface area contributed by atoms with Crippen LogP contribution in [0.25, 0.3) is 0 Å². The van der Waals surface area contributed by atoms with Gasteiger partial charge in [0, 0.05) is 5.92 Å². The Kier molecular flexibility index (Phi) is 1.49. The molecule has 10 heavy (non-hydrogen) atoms. The smallest absolute Gasteiger partial charge is 0.143 e. The van der Waals surface area contributed by atoms with Crippen LogP contribution in [0.5, 0.6) is 0 Å². The summed E-state index contributed by atoms with van der Waals surface area (Å²) in [7, 11) is 0. The molecular weight excluding hydrogens is 128 g/mol. The summed E-state index contributed by atoms with van der Waals surface area (Å²) < 4.78 is 4.95. The molecule has 2 rings (SSSR count). The predicted molar refractivity (Wildman–Crippen MR) is 36.7 cm³/mol. The average Bonchev–Trinajstić information content (AvgIpc) is 1.52. The van der Waals surface area contributed by atoms with E-state index in [0.29, 0.717) is 24.9 Å². The van der Waals surface area contributed by atoms with E-state index in [4.69, 9.17) is 4.74 Å². The standard InChI is InChI=1S/C8H12O2/c9-8(6-2-1-3-6)7-4-10-5-7/h6-7H,1-5H2. The van der Waals surface area contributed by atoms with Gasteiger partial charge in [-0.15, -0.1) is 0 Å². The maximum Gasteiger partial charge on any atom is 0.143 e. The van der Waals surface area contributed by atoms with E-state index in [-0.39, 0.29) is 5.92 Å². The highest BCUT2D eigenvalue weighted by Crippen LogP contribution is 2.31. The second-order valence-corrected chi connectivity index (χ2v) is 3.26. The lowest BCUT2D eigenvalue weighted by Crippen LogP contribution is -2.40. The van der Waals surface area contributed by atoms with Crippen molar-refractivity contribution in [1.29, 1.82) is 0 Å². The van der Waals surface area contributed by atoms with Crippen LogP contribution in [0.3, 0.4) is 0 Å². The van der Waals surface area contributed by atoms with Gasteiger partial charge >= 0.3 is 0 Å². The Labute approximate surface area is 60.6 Å². The van der Waals surface area contributed by atoms with E-state index >= 15 is 0 Å². The Balaban J connectivity index is 1.84. The van der Waals surface area contributed by atoms with Crippen molar-refractivity contribution in [2.24, 2.45) is 11.8 Å². The summed E-state index contributed by atoms with van der Waals surface area (Å²) in [6.45, 7) is 1.38. The van der Waals surface area contributed by atoms with E-state index < -0.39 is 0 Å². The number of carbonyl (C=O) groups is 1. The Morgan fingerprint density at radius 1 is 1.20 bits per heavy atom.